The molecule has 2 aromatic rings. The van der Waals surface area contributed by atoms with Crippen LogP contribution in [0.5, 0.6) is 0 Å². The van der Waals surface area contributed by atoms with Crippen LogP contribution in [0.4, 0.5) is 0 Å². The van der Waals surface area contributed by atoms with E-state index in [4.69, 9.17) is 4.42 Å². The smallest absolute Gasteiger partial charge is 0.286 e. The lowest BCUT2D eigenvalue weighted by molar-refractivity contribution is -0.122. The SMILES string of the molecule is CN(C)CCSc1nnc(C(=O)C(CCc2ccccc2)N(C=O)C2CCCCC2)o1.Cl. The maximum atomic E-state index is 13.4. The Kier molecular flexibility index (Phi) is 11.2. The van der Waals surface area contributed by atoms with Gasteiger partial charge < -0.3 is 14.2 Å². The molecule has 1 fully saturated rings. The van der Waals surface area contributed by atoms with Crippen LogP contribution < -0.4 is 0 Å². The second kappa shape index (κ2) is 13.6. The zero-order valence-electron chi connectivity index (χ0n) is 18.8. The summed E-state index contributed by atoms with van der Waals surface area (Å²) < 4.78 is 5.67. The van der Waals surface area contributed by atoms with Gasteiger partial charge in [-0.1, -0.05) is 61.4 Å². The van der Waals surface area contributed by atoms with Crippen LogP contribution in [0.3, 0.4) is 0 Å². The van der Waals surface area contributed by atoms with Crippen molar-refractivity contribution in [2.24, 2.45) is 0 Å². The van der Waals surface area contributed by atoms with Gasteiger partial charge in [-0.2, -0.15) is 0 Å². The molecule has 0 radical (unpaired) electrons. The van der Waals surface area contributed by atoms with Crippen molar-refractivity contribution in [2.45, 2.75) is 62.3 Å². The predicted octanol–water partition coefficient (Wildman–Crippen LogP) is 4.12. The molecular weight excluding hydrogens is 448 g/mol. The standard InChI is InChI=1S/C23H32N4O3S.ClH/c1-26(2)15-16-31-23-25-24-22(30-23)21(29)20(14-13-18-9-5-3-6-10-18)27(17-28)19-11-7-4-8-12-19;/h3,5-6,9-10,17,19-20H,4,7-8,11-16H2,1-2H3;1H. The van der Waals surface area contributed by atoms with Gasteiger partial charge in [0.2, 0.25) is 12.2 Å². The molecule has 32 heavy (non-hydrogen) atoms. The molecule has 1 aliphatic rings. The van der Waals surface area contributed by atoms with E-state index in [9.17, 15) is 9.59 Å². The van der Waals surface area contributed by atoms with Crippen molar-refractivity contribution in [1.82, 2.24) is 20.0 Å². The molecule has 1 heterocycles. The van der Waals surface area contributed by atoms with E-state index in [1.54, 1.807) is 4.90 Å². The Morgan fingerprint density at radius 2 is 1.91 bits per heavy atom. The second-order valence-electron chi connectivity index (χ2n) is 8.27. The fourth-order valence-electron chi connectivity index (χ4n) is 3.98. The quantitative estimate of drug-likeness (QED) is 0.257. The summed E-state index contributed by atoms with van der Waals surface area (Å²) in [7, 11) is 4.00. The van der Waals surface area contributed by atoms with Crippen molar-refractivity contribution in [3.63, 3.8) is 0 Å². The van der Waals surface area contributed by atoms with E-state index < -0.39 is 6.04 Å². The second-order valence-corrected chi connectivity index (χ2v) is 9.32. The van der Waals surface area contributed by atoms with Gasteiger partial charge in [0.05, 0.1) is 0 Å². The Bertz CT molecular complexity index is 828. The van der Waals surface area contributed by atoms with E-state index in [1.807, 2.05) is 44.4 Å². The molecule has 1 atom stereocenters. The fourth-order valence-corrected chi connectivity index (χ4v) is 4.85. The maximum Gasteiger partial charge on any atom is 0.286 e. The number of carbonyl (C=O) groups is 2. The summed E-state index contributed by atoms with van der Waals surface area (Å²) in [6.07, 6.45) is 7.29. The Morgan fingerprint density at radius 1 is 1.19 bits per heavy atom. The van der Waals surface area contributed by atoms with Crippen molar-refractivity contribution >= 4 is 36.4 Å². The maximum absolute atomic E-state index is 13.4. The van der Waals surface area contributed by atoms with Crippen LogP contribution in [-0.2, 0) is 11.2 Å². The summed E-state index contributed by atoms with van der Waals surface area (Å²) in [6, 6.07) is 9.52. The summed E-state index contributed by atoms with van der Waals surface area (Å²) in [5, 5.41) is 8.43. The average molecular weight is 481 g/mol. The van der Waals surface area contributed by atoms with Crippen LogP contribution >= 0.6 is 24.2 Å². The van der Waals surface area contributed by atoms with Gasteiger partial charge in [0.15, 0.2) is 0 Å². The molecule has 9 heteroatoms. The van der Waals surface area contributed by atoms with Crippen LogP contribution in [0.1, 0.15) is 54.8 Å². The summed E-state index contributed by atoms with van der Waals surface area (Å²) in [5.41, 5.74) is 1.14. The Hall–Kier alpha value is -1.90. The molecule has 7 nitrogen and oxygen atoms in total. The summed E-state index contributed by atoms with van der Waals surface area (Å²) >= 11 is 1.43. The van der Waals surface area contributed by atoms with Gasteiger partial charge in [-0.25, -0.2) is 0 Å². The van der Waals surface area contributed by atoms with Crippen LogP contribution in [0.2, 0.25) is 0 Å². The lowest BCUT2D eigenvalue weighted by Crippen LogP contribution is -2.47. The number of aryl methyl sites for hydroxylation is 1. The summed E-state index contributed by atoms with van der Waals surface area (Å²) in [5.74, 6) is 0.525. The number of thioether (sulfide) groups is 1. The lowest BCUT2D eigenvalue weighted by atomic mass is 9.91. The molecule has 1 amide bonds. The van der Waals surface area contributed by atoms with Crippen LogP contribution in [0, 0.1) is 0 Å². The van der Waals surface area contributed by atoms with Crippen molar-refractivity contribution in [2.75, 3.05) is 26.4 Å². The Labute approximate surface area is 200 Å². The van der Waals surface area contributed by atoms with Gasteiger partial charge in [0.1, 0.15) is 6.04 Å². The molecule has 0 N–H and O–H groups in total. The third-order valence-electron chi connectivity index (χ3n) is 5.71. The van der Waals surface area contributed by atoms with Crippen molar-refractivity contribution in [3.8, 4) is 0 Å². The fraction of sp³-hybridized carbons (Fsp3) is 0.565. The van der Waals surface area contributed by atoms with Gasteiger partial charge >= 0.3 is 0 Å². The molecule has 0 spiro atoms. The van der Waals surface area contributed by atoms with Crippen LogP contribution in [0.15, 0.2) is 40.0 Å². The van der Waals surface area contributed by atoms with E-state index in [0.29, 0.717) is 18.1 Å². The minimum Gasteiger partial charge on any atom is -0.408 e. The molecule has 0 saturated heterocycles. The van der Waals surface area contributed by atoms with E-state index in [-0.39, 0.29) is 30.1 Å². The normalized spacial score (nSPS) is 15.2. The average Bonchev–Trinajstić information content (AvgIpc) is 3.26. The van der Waals surface area contributed by atoms with E-state index in [1.165, 1.54) is 18.2 Å². The first-order valence-electron chi connectivity index (χ1n) is 11.0. The zero-order chi connectivity index (χ0) is 22.1. The predicted molar refractivity (Wildman–Crippen MR) is 128 cm³/mol. The molecule has 1 saturated carbocycles. The molecule has 1 unspecified atom stereocenters. The number of nitrogens with zero attached hydrogens (tertiary/aromatic N) is 4. The third-order valence-corrected chi connectivity index (χ3v) is 6.51. The number of hydrogen-bond acceptors (Lipinski definition) is 7. The minimum atomic E-state index is -0.596. The van der Waals surface area contributed by atoms with Gasteiger partial charge in [-0.15, -0.1) is 22.6 Å². The van der Waals surface area contributed by atoms with E-state index in [0.717, 1.165) is 50.0 Å². The summed E-state index contributed by atoms with van der Waals surface area (Å²) in [6.45, 7) is 0.872. The van der Waals surface area contributed by atoms with Crippen LogP contribution in [0.25, 0.3) is 0 Å². The topological polar surface area (TPSA) is 79.5 Å². The number of halogens is 1. The number of rotatable bonds is 12. The zero-order valence-corrected chi connectivity index (χ0v) is 20.4. The number of Topliss-reactive ketones (excluding diaryl/α,β-unsaturated/α-hetero) is 1. The molecule has 3 rings (SSSR count). The molecular formula is C23H33ClN4O3S. The van der Waals surface area contributed by atoms with Crippen molar-refractivity contribution in [3.05, 3.63) is 41.8 Å². The molecule has 1 aromatic heterocycles. The molecule has 176 valence electrons. The van der Waals surface area contributed by atoms with Crippen molar-refractivity contribution in [1.29, 1.82) is 0 Å². The number of benzene rings is 1. The van der Waals surface area contributed by atoms with E-state index >= 15 is 0 Å². The first-order chi connectivity index (χ1) is 15.1. The van der Waals surface area contributed by atoms with E-state index in [2.05, 4.69) is 15.1 Å². The number of amides is 1. The molecule has 1 aromatic carbocycles. The monoisotopic (exact) mass is 480 g/mol. The highest BCUT2D eigenvalue weighted by molar-refractivity contribution is 7.99. The number of aromatic nitrogens is 2. The lowest BCUT2D eigenvalue weighted by Gasteiger charge is -2.36. The first kappa shape index (κ1) is 26.4. The molecule has 1 aliphatic carbocycles. The molecule has 0 bridgehead atoms. The number of hydrogen-bond donors (Lipinski definition) is 0. The highest BCUT2D eigenvalue weighted by Crippen LogP contribution is 2.26. The van der Waals surface area contributed by atoms with Gasteiger partial charge in [0, 0.05) is 18.3 Å². The van der Waals surface area contributed by atoms with Crippen molar-refractivity contribution < 1.29 is 14.0 Å². The van der Waals surface area contributed by atoms with Gasteiger partial charge in [-0.05, 0) is 45.3 Å². The number of ketones is 1. The highest BCUT2D eigenvalue weighted by atomic mass is 35.5. The first-order valence-corrected chi connectivity index (χ1v) is 12.0. The largest absolute Gasteiger partial charge is 0.408 e. The number of carbonyl (C=O) groups excluding carboxylic acids is 2. The highest BCUT2D eigenvalue weighted by Gasteiger charge is 2.34. The molecule has 0 aliphatic heterocycles. The van der Waals surface area contributed by atoms with Crippen LogP contribution in [-0.4, -0.2) is 70.7 Å². The Balaban J connectivity index is 0.00000363. The van der Waals surface area contributed by atoms with Gasteiger partial charge in [-0.3, -0.25) is 9.59 Å². The van der Waals surface area contributed by atoms with Gasteiger partial charge in [0.25, 0.3) is 11.1 Å². The Morgan fingerprint density at radius 3 is 2.56 bits per heavy atom. The minimum absolute atomic E-state index is 0. The third kappa shape index (κ3) is 7.60. The summed E-state index contributed by atoms with van der Waals surface area (Å²) in [4.78, 5) is 29.3.